The first-order valence-electron chi connectivity index (χ1n) is 7.24. The number of nitrogens with zero attached hydrogens (tertiary/aromatic N) is 2. The van der Waals surface area contributed by atoms with Gasteiger partial charge < -0.3 is 15.0 Å². The van der Waals surface area contributed by atoms with Gasteiger partial charge in [0.15, 0.2) is 15.8 Å². The van der Waals surface area contributed by atoms with E-state index in [9.17, 15) is 8.42 Å². The fourth-order valence-corrected chi connectivity index (χ4v) is 3.58. The number of ether oxygens (including phenoxy) is 1. The van der Waals surface area contributed by atoms with Gasteiger partial charge in [-0.15, -0.1) is 24.0 Å². The minimum Gasteiger partial charge on any atom is -0.381 e. The van der Waals surface area contributed by atoms with Crippen LogP contribution in [0, 0.1) is 5.41 Å². The molecule has 0 radical (unpaired) electrons. The predicted octanol–water partition coefficient (Wildman–Crippen LogP) is 0.727. The average Bonchev–Trinajstić information content (AvgIpc) is 3.06. The maximum atomic E-state index is 11.5. The summed E-state index contributed by atoms with van der Waals surface area (Å²) in [4.78, 5) is 6.48. The lowest BCUT2D eigenvalue weighted by atomic mass is 9.87. The fraction of sp³-hybridized carbons (Fsp3) is 0.923. The van der Waals surface area contributed by atoms with E-state index in [-0.39, 0.29) is 40.9 Å². The van der Waals surface area contributed by atoms with Crippen LogP contribution in [-0.4, -0.2) is 70.7 Å². The van der Waals surface area contributed by atoms with E-state index in [4.69, 9.17) is 4.74 Å². The van der Waals surface area contributed by atoms with Crippen molar-refractivity contribution in [1.82, 2.24) is 10.2 Å². The number of nitrogens with one attached hydrogen (secondary N) is 1. The molecule has 0 aromatic carbocycles. The van der Waals surface area contributed by atoms with Crippen molar-refractivity contribution in [2.75, 3.05) is 51.4 Å². The second-order valence-electron chi connectivity index (χ2n) is 5.68. The van der Waals surface area contributed by atoms with Crippen molar-refractivity contribution < 1.29 is 13.2 Å². The molecule has 124 valence electrons. The quantitative estimate of drug-likeness (QED) is 0.404. The van der Waals surface area contributed by atoms with Gasteiger partial charge in [-0.25, -0.2) is 8.42 Å². The number of hydrogen-bond acceptors (Lipinski definition) is 4. The van der Waals surface area contributed by atoms with Crippen LogP contribution in [-0.2, 0) is 14.6 Å². The highest BCUT2D eigenvalue weighted by Gasteiger charge is 2.42. The summed E-state index contributed by atoms with van der Waals surface area (Å²) < 4.78 is 28.5. The summed E-state index contributed by atoms with van der Waals surface area (Å²) in [5, 5.41) is 3.16. The van der Waals surface area contributed by atoms with Crippen LogP contribution in [0.1, 0.15) is 19.8 Å². The summed E-state index contributed by atoms with van der Waals surface area (Å²) in [5.41, 5.74) is 0.285. The second-order valence-corrected chi connectivity index (χ2v) is 8.16. The van der Waals surface area contributed by atoms with E-state index in [2.05, 4.69) is 15.2 Å². The summed E-state index contributed by atoms with van der Waals surface area (Å²) >= 11 is 0. The zero-order chi connectivity index (χ0) is 14.6. The zero-order valence-corrected chi connectivity index (χ0v) is 15.9. The minimum atomic E-state index is -2.93. The van der Waals surface area contributed by atoms with Gasteiger partial charge in [0.05, 0.1) is 12.4 Å². The van der Waals surface area contributed by atoms with E-state index >= 15 is 0 Å². The number of hydrogen-bond donors (Lipinski definition) is 1. The molecule has 0 aromatic heterocycles. The highest BCUT2D eigenvalue weighted by Crippen LogP contribution is 2.38. The molecule has 0 amide bonds. The molecule has 1 unspecified atom stereocenters. The van der Waals surface area contributed by atoms with Gasteiger partial charge in [-0.1, -0.05) is 6.92 Å². The van der Waals surface area contributed by atoms with Crippen LogP contribution in [0.5, 0.6) is 0 Å². The van der Waals surface area contributed by atoms with Gasteiger partial charge >= 0.3 is 0 Å². The Morgan fingerprint density at radius 3 is 2.76 bits per heavy atom. The highest BCUT2D eigenvalue weighted by atomic mass is 127. The third kappa shape index (κ3) is 4.95. The molecular weight excluding hydrogens is 405 g/mol. The van der Waals surface area contributed by atoms with Gasteiger partial charge in [-0.2, -0.15) is 0 Å². The molecule has 0 aliphatic carbocycles. The number of aliphatic imine (C=N–C) groups is 1. The Hall–Kier alpha value is -0.0900. The molecule has 8 heteroatoms. The molecule has 1 atom stereocenters. The highest BCUT2D eigenvalue weighted by molar-refractivity contribution is 14.0. The van der Waals surface area contributed by atoms with Gasteiger partial charge in [-0.3, -0.25) is 4.99 Å². The fourth-order valence-electron chi connectivity index (χ4n) is 2.88. The van der Waals surface area contributed by atoms with Crippen LogP contribution in [0.25, 0.3) is 0 Å². The van der Waals surface area contributed by atoms with Crippen molar-refractivity contribution >= 4 is 39.8 Å². The van der Waals surface area contributed by atoms with Crippen molar-refractivity contribution in [3.63, 3.8) is 0 Å². The van der Waals surface area contributed by atoms with Crippen LogP contribution < -0.4 is 5.32 Å². The summed E-state index contributed by atoms with van der Waals surface area (Å²) in [5.74, 6) is 1.15. The molecule has 2 aliphatic rings. The SMILES string of the molecule is CCS(=O)(=O)CCNC(=NC)N1CCC2(CCOC2)C1.I. The third-order valence-electron chi connectivity index (χ3n) is 4.27. The molecule has 2 heterocycles. The first kappa shape index (κ1) is 19.0. The Kier molecular flexibility index (Phi) is 7.18. The normalized spacial score (nSPS) is 26.2. The molecule has 2 saturated heterocycles. The Morgan fingerprint density at radius 2 is 2.19 bits per heavy atom. The molecule has 21 heavy (non-hydrogen) atoms. The molecule has 2 fully saturated rings. The molecule has 1 spiro atoms. The maximum Gasteiger partial charge on any atom is 0.193 e. The maximum absolute atomic E-state index is 11.5. The monoisotopic (exact) mass is 431 g/mol. The molecule has 0 saturated carbocycles. The topological polar surface area (TPSA) is 71.0 Å². The molecular formula is C13H26IN3O3S. The number of halogens is 1. The average molecular weight is 431 g/mol. The number of rotatable bonds is 4. The molecule has 6 nitrogen and oxygen atoms in total. The lowest BCUT2D eigenvalue weighted by molar-refractivity contribution is 0.156. The number of sulfone groups is 1. The van der Waals surface area contributed by atoms with Crippen LogP contribution in [0.3, 0.4) is 0 Å². The van der Waals surface area contributed by atoms with Crippen molar-refractivity contribution in [3.05, 3.63) is 0 Å². The van der Waals surface area contributed by atoms with Gasteiger partial charge in [0.25, 0.3) is 0 Å². The smallest absolute Gasteiger partial charge is 0.193 e. The van der Waals surface area contributed by atoms with Crippen LogP contribution >= 0.6 is 24.0 Å². The summed E-state index contributed by atoms with van der Waals surface area (Å²) in [7, 11) is -1.18. The lowest BCUT2D eigenvalue weighted by Gasteiger charge is -2.24. The zero-order valence-electron chi connectivity index (χ0n) is 12.8. The van der Waals surface area contributed by atoms with Crippen LogP contribution in [0.2, 0.25) is 0 Å². The Labute approximate surface area is 144 Å². The molecule has 0 bridgehead atoms. The van der Waals surface area contributed by atoms with E-state index in [1.807, 2.05) is 0 Å². The van der Waals surface area contributed by atoms with Gasteiger partial charge in [0.1, 0.15) is 0 Å². The Balaban J connectivity index is 0.00000220. The summed E-state index contributed by atoms with van der Waals surface area (Å²) in [6.07, 6.45) is 2.24. The summed E-state index contributed by atoms with van der Waals surface area (Å²) in [6.45, 7) is 5.70. The van der Waals surface area contributed by atoms with Crippen molar-refractivity contribution in [3.8, 4) is 0 Å². The van der Waals surface area contributed by atoms with Crippen molar-refractivity contribution in [1.29, 1.82) is 0 Å². The largest absolute Gasteiger partial charge is 0.381 e. The third-order valence-corrected chi connectivity index (χ3v) is 5.98. The predicted molar refractivity (Wildman–Crippen MR) is 95.2 cm³/mol. The minimum absolute atomic E-state index is 0. The molecule has 0 aromatic rings. The van der Waals surface area contributed by atoms with Crippen molar-refractivity contribution in [2.45, 2.75) is 19.8 Å². The molecule has 2 aliphatic heterocycles. The molecule has 1 N–H and O–H groups in total. The lowest BCUT2D eigenvalue weighted by Crippen LogP contribution is -2.43. The van der Waals surface area contributed by atoms with Gasteiger partial charge in [0, 0.05) is 44.5 Å². The van der Waals surface area contributed by atoms with Crippen LogP contribution in [0.15, 0.2) is 4.99 Å². The number of likely N-dealkylation sites (tertiary alicyclic amines) is 1. The Morgan fingerprint density at radius 1 is 1.43 bits per heavy atom. The van der Waals surface area contributed by atoms with Gasteiger partial charge in [0.2, 0.25) is 0 Å². The van der Waals surface area contributed by atoms with E-state index in [1.165, 1.54) is 0 Å². The van der Waals surface area contributed by atoms with E-state index in [0.29, 0.717) is 6.54 Å². The first-order chi connectivity index (χ1) is 9.50. The Bertz CT molecular complexity index is 461. The van der Waals surface area contributed by atoms with Gasteiger partial charge in [-0.05, 0) is 12.8 Å². The van der Waals surface area contributed by atoms with E-state index in [1.54, 1.807) is 14.0 Å². The summed E-state index contributed by atoms with van der Waals surface area (Å²) in [6, 6.07) is 0. The standard InChI is InChI=1S/C13H25N3O3S.HI/c1-3-20(17,18)9-6-15-12(14-2)16-7-4-13(10-16)5-8-19-11-13;/h3-11H2,1-2H3,(H,14,15);1H. The second kappa shape index (κ2) is 7.96. The van der Waals surface area contributed by atoms with Crippen LogP contribution in [0.4, 0.5) is 0 Å². The molecule has 2 rings (SSSR count). The first-order valence-corrected chi connectivity index (χ1v) is 9.06. The van der Waals surface area contributed by atoms with Crippen molar-refractivity contribution in [2.24, 2.45) is 10.4 Å². The van der Waals surface area contributed by atoms with E-state index < -0.39 is 9.84 Å². The van der Waals surface area contributed by atoms with E-state index in [0.717, 1.165) is 45.1 Å². The number of guanidine groups is 1.